The fourth-order valence-corrected chi connectivity index (χ4v) is 7.39. The molecule has 2 atom stereocenters. The Morgan fingerprint density at radius 1 is 1.07 bits per heavy atom. The minimum Gasteiger partial charge on any atom is -0.467 e. The van der Waals surface area contributed by atoms with Crippen molar-refractivity contribution in [2.45, 2.75) is 116 Å². The zero-order valence-electron chi connectivity index (χ0n) is 27.2. The lowest BCUT2D eigenvalue weighted by Gasteiger charge is -2.45. The van der Waals surface area contributed by atoms with E-state index in [-0.39, 0.29) is 30.1 Å². The molecule has 10 heteroatoms. The number of esters is 1. The first-order chi connectivity index (χ1) is 21.0. The molecule has 1 saturated heterocycles. The van der Waals surface area contributed by atoms with Gasteiger partial charge in [0.1, 0.15) is 11.4 Å². The average molecular weight is 613 g/mol. The molecule has 0 aromatic carbocycles. The summed E-state index contributed by atoms with van der Waals surface area (Å²) in [5.74, 6) is 1.04. The smallest absolute Gasteiger partial charge is 0.416 e. The average Bonchev–Trinajstić information content (AvgIpc) is 3.02. The molecule has 0 radical (unpaired) electrons. The van der Waals surface area contributed by atoms with Crippen molar-refractivity contribution in [1.82, 2.24) is 15.2 Å². The van der Waals surface area contributed by atoms with Crippen LogP contribution in [0.3, 0.4) is 0 Å². The van der Waals surface area contributed by atoms with E-state index in [0.717, 1.165) is 120 Å². The Morgan fingerprint density at radius 3 is 2.52 bits per heavy atom. The zero-order chi connectivity index (χ0) is 31.3. The number of aromatic nitrogens is 1. The number of amides is 2. The standard InChI is InChI=1S/C34H52N4O6/c1-33(2,3)44-32(41)38-21-5-8-25-11-12-26(35-29(25)38)9-6-19-37-20-7-10-27(22-37)43-23-28(30(39)42-4)36-31(40)34-16-13-24(14-17-34)15-18-34/h11-12,24,27-28H,5-10,13-23H2,1-4H3,(H,36,40)/t24?,27-,28-,34?/m1/s1. The molecule has 1 N–H and O–H groups in total. The molecule has 1 aromatic heterocycles. The second-order valence-electron chi connectivity index (χ2n) is 14.3. The molecule has 10 nitrogen and oxygen atoms in total. The van der Waals surface area contributed by atoms with Gasteiger partial charge in [0.15, 0.2) is 6.04 Å². The summed E-state index contributed by atoms with van der Waals surface area (Å²) < 4.78 is 16.9. The van der Waals surface area contributed by atoms with Crippen LogP contribution in [0.2, 0.25) is 0 Å². The van der Waals surface area contributed by atoms with E-state index in [1.165, 1.54) is 7.11 Å². The summed E-state index contributed by atoms with van der Waals surface area (Å²) in [5, 5.41) is 3.01. The molecular weight excluding hydrogens is 560 g/mol. The number of hydrogen-bond acceptors (Lipinski definition) is 8. The number of hydrogen-bond donors (Lipinski definition) is 1. The maximum absolute atomic E-state index is 13.3. The SMILES string of the molecule is COC(=O)[C@@H](CO[C@@H]1CCCN(CCCc2ccc3c(n2)N(C(=O)OC(C)(C)C)CCC3)C1)NC(=O)C12CCC(CC1)CC2. The number of piperidine rings is 1. The Kier molecular flexibility index (Phi) is 10.5. The Morgan fingerprint density at radius 2 is 1.82 bits per heavy atom. The first kappa shape index (κ1) is 32.7. The molecule has 2 amide bonds. The molecule has 0 unspecified atom stereocenters. The number of anilines is 1. The predicted octanol–water partition coefficient (Wildman–Crippen LogP) is 4.81. The largest absolute Gasteiger partial charge is 0.467 e. The van der Waals surface area contributed by atoms with Crippen LogP contribution in [0.15, 0.2) is 12.1 Å². The van der Waals surface area contributed by atoms with Crippen molar-refractivity contribution in [2.75, 3.05) is 44.8 Å². The van der Waals surface area contributed by atoms with Gasteiger partial charge in [-0.1, -0.05) is 6.07 Å². The van der Waals surface area contributed by atoms with Gasteiger partial charge in [-0.05, 0) is 128 Å². The van der Waals surface area contributed by atoms with Gasteiger partial charge >= 0.3 is 12.1 Å². The first-order valence-corrected chi connectivity index (χ1v) is 16.8. The lowest BCUT2D eigenvalue weighted by molar-refractivity contribution is -0.151. The highest BCUT2D eigenvalue weighted by atomic mass is 16.6. The lowest BCUT2D eigenvalue weighted by atomic mass is 9.60. The minimum absolute atomic E-state index is 0.000321. The highest BCUT2D eigenvalue weighted by Gasteiger charge is 2.46. The summed E-state index contributed by atoms with van der Waals surface area (Å²) in [6.45, 7) is 9.10. The van der Waals surface area contributed by atoms with Crippen LogP contribution in [0.25, 0.3) is 0 Å². The number of ether oxygens (including phenoxy) is 3. The van der Waals surface area contributed by atoms with Gasteiger partial charge in [0, 0.05) is 24.2 Å². The Labute approximate surface area is 262 Å². The van der Waals surface area contributed by atoms with Crippen LogP contribution in [0.4, 0.5) is 10.6 Å². The van der Waals surface area contributed by atoms with Crippen molar-refractivity contribution in [2.24, 2.45) is 11.3 Å². The molecule has 2 bridgehead atoms. The highest BCUT2D eigenvalue weighted by molar-refractivity contribution is 5.89. The topological polar surface area (TPSA) is 110 Å². The zero-order valence-corrected chi connectivity index (χ0v) is 27.2. The van der Waals surface area contributed by atoms with Crippen LogP contribution in [0.5, 0.6) is 0 Å². The van der Waals surface area contributed by atoms with Crippen LogP contribution in [-0.4, -0.2) is 85.5 Å². The second kappa shape index (κ2) is 14.1. The molecule has 5 aliphatic rings. The third-order valence-electron chi connectivity index (χ3n) is 9.95. The number of rotatable bonds is 10. The Bertz CT molecular complexity index is 1160. The normalized spacial score (nSPS) is 26.0. The molecule has 44 heavy (non-hydrogen) atoms. The van der Waals surface area contributed by atoms with E-state index in [2.05, 4.69) is 22.3 Å². The first-order valence-electron chi connectivity index (χ1n) is 16.8. The number of carbonyl (C=O) groups is 3. The van der Waals surface area contributed by atoms with Gasteiger partial charge in [0.2, 0.25) is 5.91 Å². The number of methoxy groups -OCH3 is 1. The Hall–Kier alpha value is -2.72. The number of carbonyl (C=O) groups excluding carboxylic acids is 3. The monoisotopic (exact) mass is 612 g/mol. The van der Waals surface area contributed by atoms with Crippen LogP contribution >= 0.6 is 0 Å². The third-order valence-corrected chi connectivity index (χ3v) is 9.95. The highest BCUT2D eigenvalue weighted by Crippen LogP contribution is 2.50. The van der Waals surface area contributed by atoms with Crippen LogP contribution in [0, 0.1) is 11.3 Å². The fourth-order valence-electron chi connectivity index (χ4n) is 7.39. The van der Waals surface area contributed by atoms with Crippen molar-refractivity contribution in [1.29, 1.82) is 0 Å². The molecule has 3 heterocycles. The van der Waals surface area contributed by atoms with E-state index in [0.29, 0.717) is 6.54 Å². The number of likely N-dealkylation sites (tertiary alicyclic amines) is 1. The lowest BCUT2D eigenvalue weighted by Crippen LogP contribution is -2.54. The summed E-state index contributed by atoms with van der Waals surface area (Å²) in [6, 6.07) is 3.40. The quantitative estimate of drug-likeness (QED) is 0.375. The second-order valence-corrected chi connectivity index (χ2v) is 14.3. The van der Waals surface area contributed by atoms with Crippen LogP contribution in [-0.2, 0) is 36.6 Å². The molecular formula is C34H52N4O6. The van der Waals surface area contributed by atoms with E-state index in [4.69, 9.17) is 19.2 Å². The number of nitrogens with one attached hydrogen (secondary N) is 1. The molecule has 3 aliphatic carbocycles. The summed E-state index contributed by atoms with van der Waals surface area (Å²) in [5.41, 5.74) is 1.19. The molecule has 3 saturated carbocycles. The van der Waals surface area contributed by atoms with E-state index < -0.39 is 17.6 Å². The fraction of sp³-hybridized carbons (Fsp3) is 0.765. The number of nitrogens with zero attached hydrogens (tertiary/aromatic N) is 3. The van der Waals surface area contributed by atoms with E-state index in [1.54, 1.807) is 4.90 Å². The molecule has 1 aromatic rings. The number of pyridine rings is 1. The Balaban J connectivity index is 1.10. The maximum atomic E-state index is 13.3. The van der Waals surface area contributed by atoms with Crippen molar-refractivity contribution in [3.8, 4) is 0 Å². The van der Waals surface area contributed by atoms with Gasteiger partial charge in [0.25, 0.3) is 0 Å². The molecule has 0 spiro atoms. The minimum atomic E-state index is -0.785. The number of fused-ring (bicyclic) bond motifs is 4. The van der Waals surface area contributed by atoms with Crippen molar-refractivity contribution in [3.63, 3.8) is 0 Å². The van der Waals surface area contributed by atoms with Gasteiger partial charge in [-0.25, -0.2) is 14.6 Å². The number of aryl methyl sites for hydroxylation is 2. The molecule has 6 rings (SSSR count). The van der Waals surface area contributed by atoms with Crippen molar-refractivity contribution < 1.29 is 28.6 Å². The van der Waals surface area contributed by atoms with Gasteiger partial charge < -0.3 is 24.4 Å². The summed E-state index contributed by atoms with van der Waals surface area (Å²) in [6.07, 6.45) is 11.3. The molecule has 4 fully saturated rings. The van der Waals surface area contributed by atoms with Crippen LogP contribution < -0.4 is 10.2 Å². The van der Waals surface area contributed by atoms with Crippen molar-refractivity contribution >= 4 is 23.8 Å². The van der Waals surface area contributed by atoms with Gasteiger partial charge in [-0.3, -0.25) is 9.69 Å². The maximum Gasteiger partial charge on any atom is 0.416 e. The summed E-state index contributed by atoms with van der Waals surface area (Å²) in [7, 11) is 1.36. The van der Waals surface area contributed by atoms with E-state index in [9.17, 15) is 14.4 Å². The van der Waals surface area contributed by atoms with Gasteiger partial charge in [0.05, 0.1) is 19.8 Å². The van der Waals surface area contributed by atoms with Crippen molar-refractivity contribution in [3.05, 3.63) is 23.4 Å². The summed E-state index contributed by atoms with van der Waals surface area (Å²) >= 11 is 0. The van der Waals surface area contributed by atoms with E-state index >= 15 is 0 Å². The van der Waals surface area contributed by atoms with Gasteiger partial charge in [-0.15, -0.1) is 0 Å². The predicted molar refractivity (Wildman–Crippen MR) is 167 cm³/mol. The van der Waals surface area contributed by atoms with Gasteiger partial charge in [-0.2, -0.15) is 0 Å². The summed E-state index contributed by atoms with van der Waals surface area (Å²) in [4.78, 5) is 47.7. The van der Waals surface area contributed by atoms with Crippen LogP contribution in [0.1, 0.15) is 96.2 Å². The third kappa shape index (κ3) is 8.10. The van der Waals surface area contributed by atoms with E-state index in [1.807, 2.05) is 20.8 Å². The molecule has 244 valence electrons. The molecule has 2 aliphatic heterocycles.